The third kappa shape index (κ3) is 1.20. The highest BCUT2D eigenvalue weighted by Crippen LogP contribution is 2.16. The summed E-state index contributed by atoms with van der Waals surface area (Å²) in [5.74, 6) is 0.726. The smallest absolute Gasteiger partial charge is 0.0700 e. The van der Waals surface area contributed by atoms with Gasteiger partial charge in [0, 0.05) is 13.2 Å². The minimum atomic E-state index is 0.352. The molecule has 0 aromatic rings. The van der Waals surface area contributed by atoms with E-state index in [1.54, 1.807) is 0 Å². The maximum Gasteiger partial charge on any atom is 0.0700 e. The van der Waals surface area contributed by atoms with Crippen molar-refractivity contribution in [1.82, 2.24) is 0 Å². The molecule has 0 aliphatic carbocycles. The molecule has 2 nitrogen and oxygen atoms in total. The van der Waals surface area contributed by atoms with E-state index in [2.05, 4.69) is 6.92 Å². The van der Waals surface area contributed by atoms with E-state index in [0.29, 0.717) is 12.6 Å². The molecule has 1 fully saturated rings. The van der Waals surface area contributed by atoms with Gasteiger partial charge in [0.15, 0.2) is 0 Å². The van der Waals surface area contributed by atoms with Crippen molar-refractivity contribution in [2.45, 2.75) is 19.4 Å². The molecular formula is C6H13NO. The van der Waals surface area contributed by atoms with Gasteiger partial charge in [0.05, 0.1) is 6.10 Å². The zero-order chi connectivity index (χ0) is 5.98. The van der Waals surface area contributed by atoms with Crippen LogP contribution in [0.15, 0.2) is 0 Å². The standard InChI is InChI=1S/C6H13NO/c1-5-2-6(3-7)8-4-5/h5-6H,2-4,7H2,1H3/t5-,6+/m0/s1. The Morgan fingerprint density at radius 2 is 2.50 bits per heavy atom. The van der Waals surface area contributed by atoms with Gasteiger partial charge in [-0.3, -0.25) is 0 Å². The third-order valence-corrected chi connectivity index (χ3v) is 1.54. The third-order valence-electron chi connectivity index (χ3n) is 1.54. The first-order chi connectivity index (χ1) is 3.83. The molecule has 0 aromatic heterocycles. The predicted molar refractivity (Wildman–Crippen MR) is 32.6 cm³/mol. The number of nitrogens with two attached hydrogens (primary N) is 1. The fourth-order valence-corrected chi connectivity index (χ4v) is 1.05. The summed E-state index contributed by atoms with van der Waals surface area (Å²) in [4.78, 5) is 0. The molecule has 0 unspecified atom stereocenters. The Kier molecular flexibility index (Phi) is 1.86. The first-order valence-corrected chi connectivity index (χ1v) is 3.14. The van der Waals surface area contributed by atoms with E-state index in [1.165, 1.54) is 0 Å². The van der Waals surface area contributed by atoms with Gasteiger partial charge in [-0.1, -0.05) is 6.92 Å². The molecule has 1 aliphatic rings. The van der Waals surface area contributed by atoms with Gasteiger partial charge in [-0.2, -0.15) is 0 Å². The molecule has 0 amide bonds. The second-order valence-corrected chi connectivity index (χ2v) is 2.53. The molecular weight excluding hydrogens is 102 g/mol. The van der Waals surface area contributed by atoms with Crippen molar-refractivity contribution in [2.24, 2.45) is 11.7 Å². The minimum Gasteiger partial charge on any atom is -0.377 e. The zero-order valence-corrected chi connectivity index (χ0v) is 5.26. The van der Waals surface area contributed by atoms with E-state index in [4.69, 9.17) is 10.5 Å². The van der Waals surface area contributed by atoms with Gasteiger partial charge in [-0.25, -0.2) is 0 Å². The first kappa shape index (κ1) is 6.05. The lowest BCUT2D eigenvalue weighted by atomic mass is 10.1. The Labute approximate surface area is 50.0 Å². The Balaban J connectivity index is 2.22. The van der Waals surface area contributed by atoms with Crippen LogP contribution in [0.1, 0.15) is 13.3 Å². The van der Waals surface area contributed by atoms with Crippen molar-refractivity contribution in [3.63, 3.8) is 0 Å². The molecule has 2 N–H and O–H groups in total. The van der Waals surface area contributed by atoms with Crippen molar-refractivity contribution in [3.8, 4) is 0 Å². The van der Waals surface area contributed by atoms with Gasteiger partial charge in [-0.15, -0.1) is 0 Å². The molecule has 1 saturated heterocycles. The summed E-state index contributed by atoms with van der Waals surface area (Å²) in [5, 5.41) is 0. The average molecular weight is 115 g/mol. The Hall–Kier alpha value is -0.0800. The van der Waals surface area contributed by atoms with E-state index < -0.39 is 0 Å². The summed E-state index contributed by atoms with van der Waals surface area (Å²) in [6.45, 7) is 3.78. The Morgan fingerprint density at radius 3 is 2.75 bits per heavy atom. The first-order valence-electron chi connectivity index (χ1n) is 3.14. The van der Waals surface area contributed by atoms with Gasteiger partial charge in [0.25, 0.3) is 0 Å². The minimum absolute atomic E-state index is 0.352. The molecule has 0 saturated carbocycles. The van der Waals surface area contributed by atoms with Crippen LogP contribution in [0.25, 0.3) is 0 Å². The van der Waals surface area contributed by atoms with Crippen LogP contribution < -0.4 is 5.73 Å². The maximum atomic E-state index is 5.37. The number of ether oxygens (including phenoxy) is 1. The van der Waals surface area contributed by atoms with E-state index in [-0.39, 0.29) is 0 Å². The molecule has 1 heterocycles. The van der Waals surface area contributed by atoms with Crippen LogP contribution in [0, 0.1) is 5.92 Å². The van der Waals surface area contributed by atoms with E-state index in [0.717, 1.165) is 18.9 Å². The molecule has 48 valence electrons. The number of hydrogen-bond acceptors (Lipinski definition) is 2. The highest BCUT2D eigenvalue weighted by Gasteiger charge is 2.19. The molecule has 2 heteroatoms. The van der Waals surface area contributed by atoms with Crippen molar-refractivity contribution in [2.75, 3.05) is 13.2 Å². The Morgan fingerprint density at radius 1 is 1.75 bits per heavy atom. The quantitative estimate of drug-likeness (QED) is 0.536. The zero-order valence-electron chi connectivity index (χ0n) is 5.26. The predicted octanol–water partition coefficient (Wildman–Crippen LogP) is 0.370. The summed E-state index contributed by atoms with van der Waals surface area (Å²) in [7, 11) is 0. The van der Waals surface area contributed by atoms with Crippen LogP contribution >= 0.6 is 0 Å². The SMILES string of the molecule is C[C@@H]1CO[C@@H](CN)C1. The van der Waals surface area contributed by atoms with Crippen LogP contribution in [0.2, 0.25) is 0 Å². The molecule has 0 spiro atoms. The van der Waals surface area contributed by atoms with Crippen molar-refractivity contribution < 1.29 is 4.74 Å². The van der Waals surface area contributed by atoms with Crippen LogP contribution in [0.3, 0.4) is 0 Å². The van der Waals surface area contributed by atoms with Gasteiger partial charge in [0.1, 0.15) is 0 Å². The molecule has 1 rings (SSSR count). The Bertz CT molecular complexity index is 74.9. The summed E-state index contributed by atoms with van der Waals surface area (Å²) in [6.07, 6.45) is 1.50. The van der Waals surface area contributed by atoms with Crippen molar-refractivity contribution >= 4 is 0 Å². The van der Waals surface area contributed by atoms with Crippen LogP contribution in [-0.2, 0) is 4.74 Å². The van der Waals surface area contributed by atoms with Crippen molar-refractivity contribution in [3.05, 3.63) is 0 Å². The lowest BCUT2D eigenvalue weighted by molar-refractivity contribution is 0.113. The molecule has 8 heavy (non-hydrogen) atoms. The molecule has 1 aliphatic heterocycles. The van der Waals surface area contributed by atoms with Gasteiger partial charge >= 0.3 is 0 Å². The van der Waals surface area contributed by atoms with Gasteiger partial charge in [0.2, 0.25) is 0 Å². The monoisotopic (exact) mass is 115 g/mol. The van der Waals surface area contributed by atoms with E-state index in [1.807, 2.05) is 0 Å². The van der Waals surface area contributed by atoms with E-state index >= 15 is 0 Å². The summed E-state index contributed by atoms with van der Waals surface area (Å²) >= 11 is 0. The van der Waals surface area contributed by atoms with Crippen LogP contribution in [0.4, 0.5) is 0 Å². The fourth-order valence-electron chi connectivity index (χ4n) is 1.05. The normalized spacial score (nSPS) is 38.2. The largest absolute Gasteiger partial charge is 0.377 e. The average Bonchev–Trinajstić information content (AvgIpc) is 2.14. The van der Waals surface area contributed by atoms with Crippen LogP contribution in [-0.4, -0.2) is 19.3 Å². The topological polar surface area (TPSA) is 35.2 Å². The lowest BCUT2D eigenvalue weighted by Crippen LogP contribution is -2.18. The highest BCUT2D eigenvalue weighted by molar-refractivity contribution is 4.70. The second kappa shape index (κ2) is 2.46. The second-order valence-electron chi connectivity index (χ2n) is 2.53. The molecule has 2 atom stereocenters. The fraction of sp³-hybridized carbons (Fsp3) is 1.00. The van der Waals surface area contributed by atoms with Crippen molar-refractivity contribution in [1.29, 1.82) is 0 Å². The summed E-state index contributed by atoms with van der Waals surface area (Å²) in [5.41, 5.74) is 5.37. The number of rotatable bonds is 1. The highest BCUT2D eigenvalue weighted by atomic mass is 16.5. The van der Waals surface area contributed by atoms with E-state index in [9.17, 15) is 0 Å². The molecule has 0 aromatic carbocycles. The van der Waals surface area contributed by atoms with Gasteiger partial charge < -0.3 is 10.5 Å². The van der Waals surface area contributed by atoms with Gasteiger partial charge in [-0.05, 0) is 12.3 Å². The number of hydrogen-bond donors (Lipinski definition) is 1. The summed E-state index contributed by atoms with van der Waals surface area (Å²) in [6, 6.07) is 0. The maximum absolute atomic E-state index is 5.37. The summed E-state index contributed by atoms with van der Waals surface area (Å²) < 4.78 is 5.29. The van der Waals surface area contributed by atoms with Crippen LogP contribution in [0.5, 0.6) is 0 Å². The lowest BCUT2D eigenvalue weighted by Gasteiger charge is -2.01. The molecule has 0 bridgehead atoms. The molecule has 0 radical (unpaired) electrons.